The van der Waals surface area contributed by atoms with E-state index in [1.54, 1.807) is 16.3 Å². The van der Waals surface area contributed by atoms with Crippen LogP contribution in [-0.2, 0) is 5.75 Å². The van der Waals surface area contributed by atoms with E-state index in [-0.39, 0.29) is 16.8 Å². The average Bonchev–Trinajstić information content (AvgIpc) is 3.08. The van der Waals surface area contributed by atoms with Crippen LogP contribution in [0.2, 0.25) is 0 Å². The summed E-state index contributed by atoms with van der Waals surface area (Å²) in [5.41, 5.74) is 3.45. The molecule has 0 saturated heterocycles. The normalized spacial score (nSPS) is 11.2. The Hall–Kier alpha value is -2.83. The number of fused-ring (bicyclic) bond motifs is 1. The minimum Gasteiger partial charge on any atom is -0.322 e. The smallest absolute Gasteiger partial charge is 0.308 e. The number of carbonyl (C=O) groups is 1. The number of carbonyl (C=O) groups excluding carboxylic acids is 1. The number of thiazole rings is 1. The molecule has 30 heavy (non-hydrogen) atoms. The van der Waals surface area contributed by atoms with Gasteiger partial charge in [-0.2, -0.15) is 0 Å². The number of hydrogen-bond acceptors (Lipinski definition) is 4. The van der Waals surface area contributed by atoms with E-state index in [1.165, 1.54) is 16.9 Å². The lowest BCUT2D eigenvalue weighted by Gasteiger charge is -2.11. The second-order valence-electron chi connectivity index (χ2n) is 7.24. The molecule has 0 radical (unpaired) electrons. The summed E-state index contributed by atoms with van der Waals surface area (Å²) in [7, 11) is 0. The fourth-order valence-electron chi connectivity index (χ4n) is 3.32. The number of rotatable bonds is 6. The molecule has 0 saturated carbocycles. The van der Waals surface area contributed by atoms with Crippen molar-refractivity contribution in [1.82, 2.24) is 4.57 Å². The third-order valence-electron chi connectivity index (χ3n) is 4.76. The first-order chi connectivity index (χ1) is 14.5. The van der Waals surface area contributed by atoms with Gasteiger partial charge < -0.3 is 5.32 Å². The first-order valence-electron chi connectivity index (χ1n) is 9.75. The van der Waals surface area contributed by atoms with Crippen LogP contribution in [0.3, 0.4) is 0 Å². The fraction of sp³-hybridized carbons (Fsp3) is 0.167. The number of benzene rings is 3. The highest BCUT2D eigenvalue weighted by atomic mass is 32.2. The molecule has 0 aliphatic carbocycles. The van der Waals surface area contributed by atoms with Gasteiger partial charge in [-0.3, -0.25) is 14.2 Å². The highest BCUT2D eigenvalue weighted by molar-refractivity contribution is 7.98. The molecule has 1 aromatic heterocycles. The molecule has 0 unspecified atom stereocenters. The zero-order valence-corrected chi connectivity index (χ0v) is 18.4. The summed E-state index contributed by atoms with van der Waals surface area (Å²) >= 11 is 2.85. The van der Waals surface area contributed by atoms with Crippen molar-refractivity contribution in [2.45, 2.75) is 30.5 Å². The molecule has 1 amide bonds. The standard InChI is InChI=1S/C24H22N2O2S2/c1-16(2)26-20-13-12-18(14-22(20)30-24(26)28)25-23(27)19-10-6-7-11-21(19)29-15-17-8-4-3-5-9-17/h3-14,16H,15H2,1-2H3,(H,25,27). The molecule has 0 bridgehead atoms. The molecule has 6 heteroatoms. The quantitative estimate of drug-likeness (QED) is 0.368. The summed E-state index contributed by atoms with van der Waals surface area (Å²) in [6, 6.07) is 23.6. The molecule has 0 fully saturated rings. The summed E-state index contributed by atoms with van der Waals surface area (Å²) in [4.78, 5) is 26.2. The van der Waals surface area contributed by atoms with E-state index < -0.39 is 0 Å². The number of nitrogens with zero attached hydrogens (tertiary/aromatic N) is 1. The second-order valence-corrected chi connectivity index (χ2v) is 9.25. The van der Waals surface area contributed by atoms with Crippen molar-refractivity contribution >= 4 is 44.9 Å². The topological polar surface area (TPSA) is 51.1 Å². The van der Waals surface area contributed by atoms with E-state index in [1.807, 2.05) is 74.5 Å². The average molecular weight is 435 g/mol. The molecular weight excluding hydrogens is 412 g/mol. The molecule has 4 aromatic rings. The second kappa shape index (κ2) is 8.90. The van der Waals surface area contributed by atoms with Crippen LogP contribution in [0.5, 0.6) is 0 Å². The molecule has 4 rings (SSSR count). The Morgan fingerprint density at radius 2 is 1.77 bits per heavy atom. The first kappa shape index (κ1) is 20.4. The minimum atomic E-state index is -0.152. The van der Waals surface area contributed by atoms with Gasteiger partial charge >= 0.3 is 4.87 Å². The van der Waals surface area contributed by atoms with Crippen LogP contribution in [0.15, 0.2) is 82.5 Å². The summed E-state index contributed by atoms with van der Waals surface area (Å²) in [6.07, 6.45) is 0. The van der Waals surface area contributed by atoms with Crippen molar-refractivity contribution in [3.05, 3.63) is 93.6 Å². The van der Waals surface area contributed by atoms with Gasteiger partial charge in [0.15, 0.2) is 0 Å². The maximum absolute atomic E-state index is 13.0. The van der Waals surface area contributed by atoms with E-state index in [0.29, 0.717) is 11.3 Å². The summed E-state index contributed by atoms with van der Waals surface area (Å²) < 4.78 is 2.65. The zero-order valence-electron chi connectivity index (χ0n) is 16.8. The number of amides is 1. The molecule has 4 nitrogen and oxygen atoms in total. The van der Waals surface area contributed by atoms with Crippen LogP contribution in [0.4, 0.5) is 5.69 Å². The fourth-order valence-corrected chi connectivity index (χ4v) is 5.38. The van der Waals surface area contributed by atoms with E-state index in [2.05, 4.69) is 17.4 Å². The molecule has 152 valence electrons. The summed E-state index contributed by atoms with van der Waals surface area (Å²) in [5, 5.41) is 2.99. The predicted molar refractivity (Wildman–Crippen MR) is 127 cm³/mol. The molecule has 0 aliphatic rings. The Labute approximate surface area is 183 Å². The molecule has 0 spiro atoms. The highest BCUT2D eigenvalue weighted by Crippen LogP contribution is 2.28. The van der Waals surface area contributed by atoms with Crippen molar-refractivity contribution in [1.29, 1.82) is 0 Å². The lowest BCUT2D eigenvalue weighted by Crippen LogP contribution is -2.14. The van der Waals surface area contributed by atoms with Crippen molar-refractivity contribution < 1.29 is 4.79 Å². The minimum absolute atomic E-state index is 0.0196. The summed E-state index contributed by atoms with van der Waals surface area (Å²) in [6.45, 7) is 3.99. The van der Waals surface area contributed by atoms with Gasteiger partial charge in [-0.15, -0.1) is 11.8 Å². The largest absolute Gasteiger partial charge is 0.322 e. The van der Waals surface area contributed by atoms with E-state index in [0.717, 1.165) is 20.9 Å². The molecule has 1 heterocycles. The van der Waals surface area contributed by atoms with Crippen molar-refractivity contribution in [3.63, 3.8) is 0 Å². The van der Waals surface area contributed by atoms with E-state index >= 15 is 0 Å². The highest BCUT2D eigenvalue weighted by Gasteiger charge is 2.14. The van der Waals surface area contributed by atoms with Gasteiger partial charge in [0.25, 0.3) is 5.91 Å². The molecule has 1 N–H and O–H groups in total. The molecule has 3 aromatic carbocycles. The predicted octanol–water partition coefficient (Wildman–Crippen LogP) is 6.19. The van der Waals surface area contributed by atoms with Crippen LogP contribution >= 0.6 is 23.1 Å². The number of anilines is 1. The van der Waals surface area contributed by atoms with Crippen molar-refractivity contribution in [2.75, 3.05) is 5.32 Å². The Kier molecular flexibility index (Phi) is 6.06. The Balaban J connectivity index is 1.55. The first-order valence-corrected chi connectivity index (χ1v) is 11.6. The third-order valence-corrected chi connectivity index (χ3v) is 6.82. The third kappa shape index (κ3) is 4.35. The van der Waals surface area contributed by atoms with E-state index in [9.17, 15) is 9.59 Å². The van der Waals surface area contributed by atoms with Crippen LogP contribution in [0.25, 0.3) is 10.2 Å². The summed E-state index contributed by atoms with van der Waals surface area (Å²) in [5.74, 6) is 0.648. The number of hydrogen-bond donors (Lipinski definition) is 1. The number of aromatic nitrogens is 1. The molecule has 0 atom stereocenters. The van der Waals surface area contributed by atoms with Crippen LogP contribution in [0, 0.1) is 0 Å². The zero-order chi connectivity index (χ0) is 21.1. The van der Waals surface area contributed by atoms with Gasteiger partial charge in [0.2, 0.25) is 0 Å². The number of thioether (sulfide) groups is 1. The monoisotopic (exact) mass is 434 g/mol. The van der Waals surface area contributed by atoms with Crippen molar-refractivity contribution in [2.24, 2.45) is 0 Å². The van der Waals surface area contributed by atoms with Gasteiger partial charge in [-0.1, -0.05) is 53.8 Å². The van der Waals surface area contributed by atoms with Crippen LogP contribution in [-0.4, -0.2) is 10.5 Å². The lowest BCUT2D eigenvalue weighted by atomic mass is 10.2. The maximum atomic E-state index is 13.0. The Bertz CT molecular complexity index is 1240. The Morgan fingerprint density at radius 3 is 2.53 bits per heavy atom. The van der Waals surface area contributed by atoms with Gasteiger partial charge in [0.05, 0.1) is 15.8 Å². The molecule has 0 aliphatic heterocycles. The van der Waals surface area contributed by atoms with Gasteiger partial charge in [0, 0.05) is 22.4 Å². The van der Waals surface area contributed by atoms with Crippen LogP contribution < -0.4 is 10.2 Å². The van der Waals surface area contributed by atoms with Crippen molar-refractivity contribution in [3.8, 4) is 0 Å². The molecular formula is C24H22N2O2S2. The Morgan fingerprint density at radius 1 is 1.03 bits per heavy atom. The number of nitrogens with one attached hydrogen (secondary N) is 1. The van der Waals surface area contributed by atoms with Gasteiger partial charge in [-0.25, -0.2) is 0 Å². The van der Waals surface area contributed by atoms with Gasteiger partial charge in [0.1, 0.15) is 0 Å². The SMILES string of the molecule is CC(C)n1c(=O)sc2cc(NC(=O)c3ccccc3SCc3ccccc3)ccc21. The van der Waals surface area contributed by atoms with Gasteiger partial charge in [-0.05, 0) is 49.7 Å². The van der Waals surface area contributed by atoms with Crippen LogP contribution in [0.1, 0.15) is 35.8 Å². The lowest BCUT2D eigenvalue weighted by molar-refractivity contribution is 0.102. The maximum Gasteiger partial charge on any atom is 0.308 e. The van der Waals surface area contributed by atoms with E-state index in [4.69, 9.17) is 0 Å².